The van der Waals surface area contributed by atoms with Gasteiger partial charge in [-0.05, 0) is 19.9 Å². The highest BCUT2D eigenvalue weighted by molar-refractivity contribution is 6.34. The Morgan fingerprint density at radius 1 is 1.36 bits per heavy atom. The fraction of sp³-hybridized carbons (Fsp3) is 0.235. The van der Waals surface area contributed by atoms with Gasteiger partial charge in [0.2, 0.25) is 0 Å². The topological polar surface area (TPSA) is 64.7 Å². The lowest BCUT2D eigenvalue weighted by atomic mass is 10.2. The van der Waals surface area contributed by atoms with Gasteiger partial charge in [0.15, 0.2) is 0 Å². The van der Waals surface area contributed by atoms with E-state index in [0.29, 0.717) is 34.2 Å². The summed E-state index contributed by atoms with van der Waals surface area (Å²) in [6.45, 7) is 4.43. The van der Waals surface area contributed by atoms with Crippen LogP contribution in [0.1, 0.15) is 28.7 Å². The number of carbonyl (C=O) groups is 1. The number of nitrogens with one attached hydrogen (secondary N) is 1. The van der Waals surface area contributed by atoms with Gasteiger partial charge in [0.1, 0.15) is 11.5 Å². The molecule has 2 aromatic heterocycles. The largest absolute Gasteiger partial charge is 0.318 e. The molecule has 8 heteroatoms. The van der Waals surface area contributed by atoms with Gasteiger partial charge in [0.25, 0.3) is 5.91 Å². The van der Waals surface area contributed by atoms with Crippen molar-refractivity contribution < 1.29 is 9.18 Å². The van der Waals surface area contributed by atoms with Gasteiger partial charge in [-0.1, -0.05) is 29.8 Å². The summed E-state index contributed by atoms with van der Waals surface area (Å²) >= 11 is 6.18. The predicted molar refractivity (Wildman–Crippen MR) is 93.3 cm³/mol. The first-order chi connectivity index (χ1) is 12.0. The van der Waals surface area contributed by atoms with E-state index in [9.17, 15) is 9.18 Å². The Kier molecular flexibility index (Phi) is 4.85. The van der Waals surface area contributed by atoms with Crippen LogP contribution >= 0.6 is 11.6 Å². The van der Waals surface area contributed by atoms with E-state index in [4.69, 9.17) is 11.6 Å². The Bertz CT molecular complexity index is 918. The van der Waals surface area contributed by atoms with Gasteiger partial charge in [-0.3, -0.25) is 14.2 Å². The molecule has 3 rings (SSSR count). The maximum atomic E-state index is 13.7. The summed E-state index contributed by atoms with van der Waals surface area (Å²) in [6, 6.07) is 6.49. The molecule has 0 saturated carbocycles. The van der Waals surface area contributed by atoms with Gasteiger partial charge in [-0.2, -0.15) is 10.2 Å². The molecular formula is C17H17ClFN5O. The summed E-state index contributed by atoms with van der Waals surface area (Å²) in [7, 11) is 0. The number of amides is 1. The zero-order valence-corrected chi connectivity index (χ0v) is 14.6. The van der Waals surface area contributed by atoms with Gasteiger partial charge < -0.3 is 5.32 Å². The van der Waals surface area contributed by atoms with Crippen molar-refractivity contribution in [2.75, 3.05) is 5.32 Å². The van der Waals surface area contributed by atoms with E-state index in [1.54, 1.807) is 40.7 Å². The molecule has 0 saturated heterocycles. The second-order valence-corrected chi connectivity index (χ2v) is 5.91. The van der Waals surface area contributed by atoms with Gasteiger partial charge in [0.05, 0.1) is 29.1 Å². The number of carbonyl (C=O) groups excluding carboxylic acids is 1. The summed E-state index contributed by atoms with van der Waals surface area (Å²) in [5, 5.41) is 11.5. The van der Waals surface area contributed by atoms with E-state index in [0.717, 1.165) is 0 Å². The molecule has 0 aliphatic carbocycles. The first-order valence-corrected chi connectivity index (χ1v) is 8.17. The van der Waals surface area contributed by atoms with E-state index < -0.39 is 0 Å². The molecule has 0 unspecified atom stereocenters. The Hall–Kier alpha value is -2.67. The van der Waals surface area contributed by atoms with Crippen LogP contribution in [0.25, 0.3) is 0 Å². The SMILES string of the molecule is CCn1nc(C)c(Cl)c1C(=O)Nc1cnn(Cc2ccccc2F)c1. The number of benzene rings is 1. The predicted octanol–water partition coefficient (Wildman–Crippen LogP) is 3.50. The molecule has 2 heterocycles. The lowest BCUT2D eigenvalue weighted by Gasteiger charge is -2.05. The average Bonchev–Trinajstić information content (AvgIpc) is 3.14. The Morgan fingerprint density at radius 2 is 2.12 bits per heavy atom. The van der Waals surface area contributed by atoms with Crippen molar-refractivity contribution in [1.82, 2.24) is 19.6 Å². The van der Waals surface area contributed by atoms with Crippen molar-refractivity contribution in [2.24, 2.45) is 0 Å². The van der Waals surface area contributed by atoms with Crippen LogP contribution in [0.3, 0.4) is 0 Å². The third-order valence-corrected chi connectivity index (χ3v) is 4.20. The average molecular weight is 362 g/mol. The molecular weight excluding hydrogens is 345 g/mol. The highest BCUT2D eigenvalue weighted by Gasteiger charge is 2.20. The van der Waals surface area contributed by atoms with Crippen molar-refractivity contribution in [3.63, 3.8) is 0 Å². The Balaban J connectivity index is 1.76. The molecule has 0 bridgehead atoms. The molecule has 1 aromatic carbocycles. The number of rotatable bonds is 5. The van der Waals surface area contributed by atoms with Crippen LogP contribution in [0.2, 0.25) is 5.02 Å². The summed E-state index contributed by atoms with van der Waals surface area (Å²) in [6.07, 6.45) is 3.14. The number of aromatic nitrogens is 4. The molecule has 0 fully saturated rings. The molecule has 1 amide bonds. The fourth-order valence-corrected chi connectivity index (χ4v) is 2.73. The van der Waals surface area contributed by atoms with Crippen LogP contribution in [0, 0.1) is 12.7 Å². The minimum absolute atomic E-state index is 0.273. The van der Waals surface area contributed by atoms with Crippen LogP contribution in [0.5, 0.6) is 0 Å². The van der Waals surface area contributed by atoms with Gasteiger partial charge in [-0.15, -0.1) is 0 Å². The molecule has 0 radical (unpaired) electrons. The van der Waals surface area contributed by atoms with Crippen molar-refractivity contribution in [1.29, 1.82) is 0 Å². The second kappa shape index (κ2) is 7.06. The van der Waals surface area contributed by atoms with Crippen molar-refractivity contribution in [3.8, 4) is 0 Å². The first-order valence-electron chi connectivity index (χ1n) is 7.79. The monoisotopic (exact) mass is 361 g/mol. The van der Waals surface area contributed by atoms with Gasteiger partial charge in [-0.25, -0.2) is 4.39 Å². The van der Waals surface area contributed by atoms with E-state index in [2.05, 4.69) is 15.5 Å². The molecule has 1 N–H and O–H groups in total. The molecule has 0 spiro atoms. The molecule has 25 heavy (non-hydrogen) atoms. The number of nitrogens with zero attached hydrogens (tertiary/aromatic N) is 4. The fourth-order valence-electron chi connectivity index (χ4n) is 2.51. The number of hydrogen-bond donors (Lipinski definition) is 1. The van der Waals surface area contributed by atoms with E-state index in [1.807, 2.05) is 6.92 Å². The Morgan fingerprint density at radius 3 is 2.84 bits per heavy atom. The van der Waals surface area contributed by atoms with Crippen LogP contribution in [-0.2, 0) is 13.1 Å². The smallest absolute Gasteiger partial charge is 0.275 e. The lowest BCUT2D eigenvalue weighted by molar-refractivity contribution is 0.101. The zero-order valence-electron chi connectivity index (χ0n) is 13.8. The quantitative estimate of drug-likeness (QED) is 0.756. The third-order valence-electron chi connectivity index (χ3n) is 3.75. The minimum Gasteiger partial charge on any atom is -0.318 e. The minimum atomic E-state index is -0.363. The molecule has 0 atom stereocenters. The molecule has 0 aliphatic heterocycles. The summed E-state index contributed by atoms with van der Waals surface area (Å²) < 4.78 is 16.8. The molecule has 3 aromatic rings. The Labute approximate surface area is 149 Å². The van der Waals surface area contributed by atoms with Crippen LogP contribution in [-0.4, -0.2) is 25.5 Å². The number of aryl methyl sites for hydroxylation is 2. The lowest BCUT2D eigenvalue weighted by Crippen LogP contribution is -2.17. The summed E-state index contributed by atoms with van der Waals surface area (Å²) in [5.41, 5.74) is 1.93. The summed E-state index contributed by atoms with van der Waals surface area (Å²) in [5.74, 6) is -0.657. The number of anilines is 1. The third kappa shape index (κ3) is 3.56. The van der Waals surface area contributed by atoms with Gasteiger partial charge >= 0.3 is 0 Å². The van der Waals surface area contributed by atoms with Crippen LogP contribution in [0.15, 0.2) is 36.7 Å². The van der Waals surface area contributed by atoms with E-state index in [1.165, 1.54) is 12.3 Å². The first kappa shape index (κ1) is 17.2. The second-order valence-electron chi connectivity index (χ2n) is 5.54. The standard InChI is InChI=1S/C17H17ClFN5O/c1-3-24-16(15(18)11(2)22-24)17(25)21-13-8-20-23(10-13)9-12-6-4-5-7-14(12)19/h4-8,10H,3,9H2,1-2H3,(H,21,25). The normalized spacial score (nSPS) is 10.9. The highest BCUT2D eigenvalue weighted by Crippen LogP contribution is 2.21. The van der Waals surface area contributed by atoms with Crippen LogP contribution < -0.4 is 5.32 Å². The zero-order chi connectivity index (χ0) is 18.0. The van der Waals surface area contributed by atoms with Crippen molar-refractivity contribution >= 4 is 23.2 Å². The maximum absolute atomic E-state index is 13.7. The van der Waals surface area contributed by atoms with Crippen molar-refractivity contribution in [2.45, 2.75) is 26.9 Å². The molecule has 6 nitrogen and oxygen atoms in total. The highest BCUT2D eigenvalue weighted by atomic mass is 35.5. The van der Waals surface area contributed by atoms with Gasteiger partial charge in [0, 0.05) is 18.3 Å². The maximum Gasteiger partial charge on any atom is 0.275 e. The number of halogens is 2. The van der Waals surface area contributed by atoms with Crippen LogP contribution in [0.4, 0.5) is 10.1 Å². The van der Waals surface area contributed by atoms with E-state index >= 15 is 0 Å². The van der Waals surface area contributed by atoms with Crippen molar-refractivity contribution in [3.05, 3.63) is 64.5 Å². The van der Waals surface area contributed by atoms with E-state index in [-0.39, 0.29) is 18.3 Å². The summed E-state index contributed by atoms with van der Waals surface area (Å²) in [4.78, 5) is 12.5. The number of hydrogen-bond acceptors (Lipinski definition) is 3. The molecule has 130 valence electrons. The molecule has 0 aliphatic rings.